The van der Waals surface area contributed by atoms with Gasteiger partial charge in [-0.25, -0.2) is 4.57 Å². The number of unbranched alkanes of at least 4 members (excludes halogenated alkanes) is 22. The molecular weight excluding hydrogens is 593 g/mol. The number of rotatable bonds is 35. The van der Waals surface area contributed by atoms with E-state index in [1.54, 1.807) is 0 Å². The largest absolute Gasteiger partial charge is 0.472 e. The number of hydrogen-bond acceptors (Lipinski definition) is 8. The maximum Gasteiger partial charge on any atom is 0.472 e. The second kappa shape index (κ2) is 32.9. The van der Waals surface area contributed by atoms with Crippen molar-refractivity contribution in [3.05, 3.63) is 0 Å². The van der Waals surface area contributed by atoms with Gasteiger partial charge in [0.25, 0.3) is 0 Å². The summed E-state index contributed by atoms with van der Waals surface area (Å²) in [5.41, 5.74) is 5.31. The number of phosphoric acid groups is 1. The molecule has 9 nitrogen and oxygen atoms in total. The number of carbonyl (C=O) groups excluding carboxylic acids is 2. The van der Waals surface area contributed by atoms with E-state index in [-0.39, 0.29) is 32.6 Å². The van der Waals surface area contributed by atoms with Crippen LogP contribution < -0.4 is 5.73 Å². The van der Waals surface area contributed by atoms with Crippen molar-refractivity contribution in [1.82, 2.24) is 0 Å². The summed E-state index contributed by atoms with van der Waals surface area (Å²) < 4.78 is 32.4. The molecule has 0 aliphatic rings. The molecule has 45 heavy (non-hydrogen) atoms. The van der Waals surface area contributed by atoms with Crippen LogP contribution in [0, 0.1) is 0 Å². The molecule has 2 unspecified atom stereocenters. The number of esters is 2. The van der Waals surface area contributed by atoms with E-state index in [0.717, 1.165) is 44.9 Å². The second-order valence-corrected chi connectivity index (χ2v) is 13.9. The number of ether oxygens (including phenoxy) is 2. The van der Waals surface area contributed by atoms with Crippen molar-refractivity contribution < 1.29 is 37.6 Å². The van der Waals surface area contributed by atoms with Gasteiger partial charge in [-0.3, -0.25) is 18.6 Å². The third-order valence-corrected chi connectivity index (χ3v) is 8.98. The lowest BCUT2D eigenvalue weighted by Crippen LogP contribution is -2.29. The molecule has 0 aromatic carbocycles. The van der Waals surface area contributed by atoms with Crippen molar-refractivity contribution in [3.63, 3.8) is 0 Å². The average Bonchev–Trinajstić information content (AvgIpc) is 3.02. The lowest BCUT2D eigenvalue weighted by molar-refractivity contribution is -0.161. The van der Waals surface area contributed by atoms with Gasteiger partial charge in [0.05, 0.1) is 13.2 Å². The molecule has 0 saturated heterocycles. The van der Waals surface area contributed by atoms with Gasteiger partial charge < -0.3 is 20.1 Å². The predicted octanol–water partition coefficient (Wildman–Crippen LogP) is 9.72. The fourth-order valence-corrected chi connectivity index (χ4v) is 5.99. The zero-order chi connectivity index (χ0) is 33.3. The van der Waals surface area contributed by atoms with Crippen LogP contribution in [0.25, 0.3) is 0 Å². The van der Waals surface area contributed by atoms with Crippen molar-refractivity contribution in [1.29, 1.82) is 0 Å². The number of nitrogens with two attached hydrogens (primary N) is 1. The van der Waals surface area contributed by atoms with E-state index in [1.807, 2.05) is 0 Å². The molecule has 10 heteroatoms. The van der Waals surface area contributed by atoms with E-state index in [0.29, 0.717) is 6.42 Å². The lowest BCUT2D eigenvalue weighted by Gasteiger charge is -2.19. The molecule has 2 atom stereocenters. The zero-order valence-electron chi connectivity index (χ0n) is 29.1. The first kappa shape index (κ1) is 44.0. The molecule has 0 radical (unpaired) electrons. The molecule has 0 heterocycles. The van der Waals surface area contributed by atoms with E-state index in [1.165, 1.54) is 103 Å². The first-order valence-corrected chi connectivity index (χ1v) is 20.0. The maximum atomic E-state index is 12.5. The van der Waals surface area contributed by atoms with E-state index >= 15 is 0 Å². The zero-order valence-corrected chi connectivity index (χ0v) is 30.0. The first-order chi connectivity index (χ1) is 21.8. The van der Waals surface area contributed by atoms with Crippen LogP contribution in [0.4, 0.5) is 0 Å². The molecular formula is C35H70NO8P. The van der Waals surface area contributed by atoms with E-state index in [2.05, 4.69) is 13.8 Å². The second-order valence-electron chi connectivity index (χ2n) is 12.5. The number of hydrogen-bond donors (Lipinski definition) is 2. The highest BCUT2D eigenvalue weighted by Crippen LogP contribution is 2.43. The van der Waals surface area contributed by atoms with Gasteiger partial charge in [-0.15, -0.1) is 0 Å². The summed E-state index contributed by atoms with van der Waals surface area (Å²) in [6.45, 7) is 3.65. The molecule has 0 spiro atoms. The summed E-state index contributed by atoms with van der Waals surface area (Å²) in [6.07, 6.45) is 28.9. The average molecular weight is 664 g/mol. The first-order valence-electron chi connectivity index (χ1n) is 18.5. The van der Waals surface area contributed by atoms with Gasteiger partial charge >= 0.3 is 19.8 Å². The maximum absolute atomic E-state index is 12.5. The van der Waals surface area contributed by atoms with Crippen molar-refractivity contribution in [2.75, 3.05) is 26.4 Å². The molecule has 3 N–H and O–H groups in total. The SMILES string of the molecule is CCCCCCCCCCCCCCCCCCCCCC(=O)OC(COC(=O)CCCCCCC)COP(=O)(O)OCCN. The van der Waals surface area contributed by atoms with Gasteiger partial charge in [0.2, 0.25) is 0 Å². The summed E-state index contributed by atoms with van der Waals surface area (Å²) in [7, 11) is -4.35. The Hall–Kier alpha value is -0.990. The normalized spacial score (nSPS) is 13.4. The summed E-state index contributed by atoms with van der Waals surface area (Å²) in [5, 5.41) is 0. The molecule has 0 aromatic rings. The Balaban J connectivity index is 4.00. The van der Waals surface area contributed by atoms with Gasteiger partial charge in [-0.05, 0) is 12.8 Å². The van der Waals surface area contributed by atoms with E-state index in [4.69, 9.17) is 24.3 Å². The van der Waals surface area contributed by atoms with E-state index < -0.39 is 32.5 Å². The number of phosphoric ester groups is 1. The van der Waals surface area contributed by atoms with Crippen LogP contribution in [0.15, 0.2) is 0 Å². The van der Waals surface area contributed by atoms with Crippen LogP contribution in [-0.2, 0) is 32.7 Å². The van der Waals surface area contributed by atoms with Crippen LogP contribution in [0.3, 0.4) is 0 Å². The van der Waals surface area contributed by atoms with Crippen LogP contribution in [-0.4, -0.2) is 49.3 Å². The molecule has 0 aliphatic heterocycles. The highest BCUT2D eigenvalue weighted by Gasteiger charge is 2.25. The van der Waals surface area contributed by atoms with Crippen molar-refractivity contribution >= 4 is 19.8 Å². The van der Waals surface area contributed by atoms with Gasteiger partial charge in [-0.2, -0.15) is 0 Å². The van der Waals surface area contributed by atoms with Crippen molar-refractivity contribution in [2.24, 2.45) is 5.73 Å². The lowest BCUT2D eigenvalue weighted by atomic mass is 10.0. The monoisotopic (exact) mass is 663 g/mol. The molecule has 0 aliphatic carbocycles. The minimum atomic E-state index is -4.35. The quantitative estimate of drug-likeness (QED) is 0.0386. The van der Waals surface area contributed by atoms with Gasteiger partial charge in [0.1, 0.15) is 6.61 Å². The fraction of sp³-hybridized carbons (Fsp3) is 0.943. The fourth-order valence-electron chi connectivity index (χ4n) is 5.22. The Bertz CT molecular complexity index is 724. The van der Waals surface area contributed by atoms with Gasteiger partial charge in [0, 0.05) is 19.4 Å². The molecule has 0 aromatic heterocycles. The smallest absolute Gasteiger partial charge is 0.462 e. The Morgan fingerprint density at radius 1 is 0.578 bits per heavy atom. The van der Waals surface area contributed by atoms with Gasteiger partial charge in [-0.1, -0.05) is 155 Å². The van der Waals surface area contributed by atoms with Crippen LogP contribution >= 0.6 is 7.82 Å². The van der Waals surface area contributed by atoms with E-state index in [9.17, 15) is 19.0 Å². The molecule has 268 valence electrons. The minimum absolute atomic E-state index is 0.0572. The molecule has 0 saturated carbocycles. The van der Waals surface area contributed by atoms with Crippen LogP contribution in [0.5, 0.6) is 0 Å². The summed E-state index contributed by atoms with van der Waals surface area (Å²) >= 11 is 0. The third-order valence-electron chi connectivity index (χ3n) is 7.99. The van der Waals surface area contributed by atoms with Crippen LogP contribution in [0.1, 0.15) is 181 Å². The van der Waals surface area contributed by atoms with Crippen molar-refractivity contribution in [2.45, 2.75) is 187 Å². The van der Waals surface area contributed by atoms with Crippen LogP contribution in [0.2, 0.25) is 0 Å². The Labute approximate surface area is 276 Å². The molecule has 0 amide bonds. The van der Waals surface area contributed by atoms with Crippen molar-refractivity contribution in [3.8, 4) is 0 Å². The Morgan fingerprint density at radius 3 is 1.36 bits per heavy atom. The summed E-state index contributed by atoms with van der Waals surface area (Å²) in [5.74, 6) is -0.834. The minimum Gasteiger partial charge on any atom is -0.462 e. The topological polar surface area (TPSA) is 134 Å². The predicted molar refractivity (Wildman–Crippen MR) is 183 cm³/mol. The number of carbonyl (C=O) groups is 2. The summed E-state index contributed by atoms with van der Waals surface area (Å²) in [6, 6.07) is 0. The highest BCUT2D eigenvalue weighted by molar-refractivity contribution is 7.47. The molecule has 0 bridgehead atoms. The van der Waals surface area contributed by atoms with Gasteiger partial charge in [0.15, 0.2) is 6.10 Å². The highest BCUT2D eigenvalue weighted by atomic mass is 31.2. The molecule has 0 fully saturated rings. The Kier molecular flexibility index (Phi) is 32.2. The Morgan fingerprint density at radius 2 is 0.956 bits per heavy atom. The molecule has 0 rings (SSSR count). The standard InChI is InChI=1S/C35H70NO8P/c1-3-5-7-9-10-11-12-13-14-15-16-17-18-19-20-21-22-24-26-28-35(38)44-33(32-43-45(39,40)42-30-29-36)31-41-34(37)27-25-23-8-6-4-2/h33H,3-32,36H2,1-2H3,(H,39,40). The third kappa shape index (κ3) is 32.7. The summed E-state index contributed by atoms with van der Waals surface area (Å²) in [4.78, 5) is 34.4.